The first kappa shape index (κ1) is 28.3. The van der Waals surface area contributed by atoms with Crippen molar-refractivity contribution in [2.45, 2.75) is 134 Å². The number of hydrogen-bond donors (Lipinski definition) is 6. The molecule has 0 fully saturated rings. The highest BCUT2D eigenvalue weighted by Crippen LogP contribution is 2.13. The third-order valence-corrected chi connectivity index (χ3v) is 5.75. The molecule has 0 aromatic heterocycles. The lowest BCUT2D eigenvalue weighted by Gasteiger charge is -2.24. The van der Waals surface area contributed by atoms with Gasteiger partial charge in [0.05, 0.1) is 6.61 Å². The fourth-order valence-corrected chi connectivity index (χ4v) is 3.59. The van der Waals surface area contributed by atoms with E-state index in [2.05, 4.69) is 5.32 Å². The van der Waals surface area contributed by atoms with E-state index in [9.17, 15) is 25.2 Å². The highest BCUT2D eigenvalue weighted by molar-refractivity contribution is 5.81. The zero-order valence-corrected chi connectivity index (χ0v) is 19.4. The van der Waals surface area contributed by atoms with E-state index in [4.69, 9.17) is 6.48 Å². The minimum Gasteiger partial charge on any atom is -0.394 e. The van der Waals surface area contributed by atoms with E-state index in [1.165, 1.54) is 77.0 Å². The van der Waals surface area contributed by atoms with E-state index in [0.29, 0.717) is 13.4 Å². The van der Waals surface area contributed by atoms with Crippen molar-refractivity contribution < 1.29 is 31.7 Å². The van der Waals surface area contributed by atoms with Crippen LogP contribution in [-0.4, -0.2) is 69.0 Å². The average molecular weight is 449 g/mol. The predicted molar refractivity (Wildman–Crippen MR) is 124 cm³/mol. The third-order valence-electron chi connectivity index (χ3n) is 5.75. The summed E-state index contributed by atoms with van der Waals surface area (Å²) < 4.78 is 7.11. The van der Waals surface area contributed by atoms with Gasteiger partial charge in [-0.2, -0.15) is 0 Å². The molecule has 6 N–H and O–H groups in total. The van der Waals surface area contributed by atoms with Crippen LogP contribution in [0.15, 0.2) is 0 Å². The Hall–Kier alpha value is -0.730. The molecule has 186 valence electrons. The maximum atomic E-state index is 11.8. The number of unbranched alkanes of at least 4 members (excludes halogenated alkanes) is 15. The molecular formula is C24H49NO6. The first-order chi connectivity index (χ1) is 15.5. The summed E-state index contributed by atoms with van der Waals surface area (Å²) >= 11 is 0. The summed E-state index contributed by atoms with van der Waals surface area (Å²) in [6.07, 6.45) is 12.3. The third kappa shape index (κ3) is 16.5. The number of rotatable bonds is 22. The first-order valence-corrected chi connectivity index (χ1v) is 12.4. The van der Waals surface area contributed by atoms with Crippen molar-refractivity contribution in [1.82, 2.24) is 5.32 Å². The lowest BCUT2D eigenvalue weighted by Crippen LogP contribution is -2.51. The summed E-state index contributed by atoms with van der Waals surface area (Å²) in [5, 5.41) is 49.4. The molecule has 0 aliphatic carbocycles. The van der Waals surface area contributed by atoms with Crippen LogP contribution in [-0.2, 0) is 4.79 Å². The molecule has 0 radical (unpaired) electrons. The van der Waals surface area contributed by atoms with Gasteiger partial charge in [-0.15, -0.1) is 0 Å². The smallest absolute Gasteiger partial charge is 0.251 e. The molecule has 31 heavy (non-hydrogen) atoms. The van der Waals surface area contributed by atoms with Gasteiger partial charge in [-0.05, 0) is 6.42 Å². The topological polar surface area (TPSA) is 130 Å². The van der Waals surface area contributed by atoms with Crippen LogP contribution in [0.3, 0.4) is 0 Å². The highest BCUT2D eigenvalue weighted by Gasteiger charge is 2.33. The quantitative estimate of drug-likeness (QED) is 0.141. The largest absolute Gasteiger partial charge is 0.394 e. The van der Waals surface area contributed by atoms with Crippen LogP contribution in [0.5, 0.6) is 0 Å². The first-order valence-electron chi connectivity index (χ1n) is 13.1. The molecule has 4 atom stereocenters. The van der Waals surface area contributed by atoms with Crippen LogP contribution in [0, 0.1) is 0 Å². The fourth-order valence-electron chi connectivity index (χ4n) is 3.59. The van der Waals surface area contributed by atoms with Crippen molar-refractivity contribution in [2.24, 2.45) is 0 Å². The van der Waals surface area contributed by atoms with Gasteiger partial charge in [-0.3, -0.25) is 4.79 Å². The van der Waals surface area contributed by atoms with Crippen molar-refractivity contribution in [3.63, 3.8) is 0 Å². The molecule has 0 unspecified atom stereocenters. The molecule has 0 saturated carbocycles. The summed E-state index contributed by atoms with van der Waals surface area (Å²) in [5.41, 5.74) is 0. The van der Waals surface area contributed by atoms with E-state index in [-0.39, 0.29) is 0 Å². The van der Waals surface area contributed by atoms with Gasteiger partial charge in [0, 0.05) is 7.92 Å². The molecule has 1 amide bonds. The van der Waals surface area contributed by atoms with E-state index in [0.717, 1.165) is 25.7 Å². The van der Waals surface area contributed by atoms with Crippen molar-refractivity contribution in [3.8, 4) is 0 Å². The zero-order chi connectivity index (χ0) is 24.0. The molecule has 0 aromatic rings. The molecule has 0 saturated heterocycles. The zero-order valence-electron chi connectivity index (χ0n) is 20.4. The number of carbonyl (C=O) groups excluding carboxylic acids is 1. The Morgan fingerprint density at radius 3 is 1.55 bits per heavy atom. The van der Waals surface area contributed by atoms with Gasteiger partial charge < -0.3 is 30.8 Å². The summed E-state index contributed by atoms with van der Waals surface area (Å²) in [6.45, 7) is 0.175. The van der Waals surface area contributed by atoms with Crippen molar-refractivity contribution >= 4 is 5.91 Å². The highest BCUT2D eigenvalue weighted by atomic mass is 16.4. The molecule has 0 aromatic carbocycles. The summed E-state index contributed by atoms with van der Waals surface area (Å²) in [5.74, 6) is -0.800. The van der Waals surface area contributed by atoms with Crippen molar-refractivity contribution in [1.29, 1.82) is 0 Å². The Bertz CT molecular complexity index is 429. The van der Waals surface area contributed by atoms with Crippen LogP contribution >= 0.6 is 0 Å². The van der Waals surface area contributed by atoms with Crippen LogP contribution in [0.2, 0.25) is 0 Å². The molecule has 0 heterocycles. The van der Waals surface area contributed by atoms with E-state index in [1.54, 1.807) is 0 Å². The van der Waals surface area contributed by atoms with Gasteiger partial charge in [0.25, 0.3) is 5.91 Å². The summed E-state index contributed by atoms with van der Waals surface area (Å²) in [4.78, 5) is 11.8. The second-order valence-electron chi connectivity index (χ2n) is 8.62. The molecular weight excluding hydrogens is 398 g/mol. The second kappa shape index (κ2) is 21.1. The Balaban J connectivity index is 3.42. The molecule has 7 heteroatoms. The monoisotopic (exact) mass is 448 g/mol. The summed E-state index contributed by atoms with van der Waals surface area (Å²) in [7, 11) is 0. The Morgan fingerprint density at radius 2 is 1.13 bits per heavy atom. The van der Waals surface area contributed by atoms with Crippen LogP contribution < -0.4 is 5.32 Å². The minimum absolute atomic E-state index is 0.380. The van der Waals surface area contributed by atoms with E-state index in [1.807, 2.05) is 0 Å². The van der Waals surface area contributed by atoms with Crippen LogP contribution in [0.25, 0.3) is 0 Å². The maximum Gasteiger partial charge on any atom is 0.251 e. The Morgan fingerprint density at radius 1 is 0.710 bits per heavy atom. The summed E-state index contributed by atoms with van der Waals surface area (Å²) in [6, 6.07) is 0. The lowest BCUT2D eigenvalue weighted by molar-refractivity contribution is -0.148. The van der Waals surface area contributed by atoms with Crippen LogP contribution in [0.4, 0.5) is 0 Å². The molecule has 0 bridgehead atoms. The number of aliphatic hydroxyl groups excluding tert-OH is 5. The number of nitrogens with one attached hydrogen (secondary N) is 1. The second-order valence-corrected chi connectivity index (χ2v) is 8.62. The molecule has 0 aliphatic rings. The Kier molecular flexibility index (Phi) is 19.3. The molecule has 0 spiro atoms. The van der Waals surface area contributed by atoms with Gasteiger partial charge in [-0.25, -0.2) is 0 Å². The van der Waals surface area contributed by atoms with Crippen LogP contribution in [0.1, 0.15) is 111 Å². The average Bonchev–Trinajstić information content (AvgIpc) is 2.81. The lowest BCUT2D eigenvalue weighted by atomic mass is 10.0. The normalized spacial score (nSPS) is 15.8. The number of aliphatic hydroxyl groups is 5. The predicted octanol–water partition coefficient (Wildman–Crippen LogP) is 2.80. The van der Waals surface area contributed by atoms with Crippen molar-refractivity contribution in [2.75, 3.05) is 13.2 Å². The van der Waals surface area contributed by atoms with Gasteiger partial charge in [0.2, 0.25) is 0 Å². The van der Waals surface area contributed by atoms with E-state index >= 15 is 0 Å². The standard InChI is InChI=1S/C24H49NO6/c1-2-3-4-5-6-7-8-9-10-11-12-13-14-15-16-17-18-25-24(31)23(30)22(29)21(28)20(27)19-26/h20-23,26-30H,2-19H2,1H3,(H,25,31)/t20-,21-,22+,23-/m1/s1/i1D. The molecule has 0 aliphatic heterocycles. The SMILES string of the molecule is [2H]CCCCCCCCCCCCCCCCCCNC(=O)[C@H](O)[C@@H](O)[C@H](O)[C@H](O)CO. The van der Waals surface area contributed by atoms with Gasteiger partial charge in [-0.1, -0.05) is 103 Å². The Labute approximate surface area is 190 Å². The van der Waals surface area contributed by atoms with Gasteiger partial charge in [0.15, 0.2) is 6.10 Å². The number of amides is 1. The van der Waals surface area contributed by atoms with Crippen molar-refractivity contribution in [3.05, 3.63) is 0 Å². The number of hydrogen-bond acceptors (Lipinski definition) is 6. The molecule has 0 rings (SSSR count). The van der Waals surface area contributed by atoms with E-state index < -0.39 is 36.9 Å². The minimum atomic E-state index is -1.86. The van der Waals surface area contributed by atoms with Gasteiger partial charge in [0.1, 0.15) is 18.3 Å². The molecule has 7 nitrogen and oxygen atoms in total. The van der Waals surface area contributed by atoms with Gasteiger partial charge >= 0.3 is 0 Å². The maximum absolute atomic E-state index is 11.8. The fraction of sp³-hybridized carbons (Fsp3) is 0.958. The number of carbonyl (C=O) groups is 1.